The summed E-state index contributed by atoms with van der Waals surface area (Å²) in [5.74, 6) is 1.23. The molecule has 1 saturated heterocycles. The highest BCUT2D eigenvalue weighted by atomic mass is 32.1. The van der Waals surface area contributed by atoms with E-state index < -0.39 is 0 Å². The van der Waals surface area contributed by atoms with E-state index in [0.717, 1.165) is 36.6 Å². The number of nitrogens with zero attached hydrogens (tertiary/aromatic N) is 2. The summed E-state index contributed by atoms with van der Waals surface area (Å²) in [5, 5.41) is 5.90. The number of hydrogen-bond acceptors (Lipinski definition) is 5. The lowest BCUT2D eigenvalue weighted by molar-refractivity contribution is -0.122. The van der Waals surface area contributed by atoms with Crippen molar-refractivity contribution in [2.45, 2.75) is 63.5 Å². The van der Waals surface area contributed by atoms with Crippen LogP contribution in [0, 0.1) is 11.8 Å². The van der Waals surface area contributed by atoms with Crippen LogP contribution in [0.2, 0.25) is 0 Å². The maximum absolute atomic E-state index is 12.5. The third kappa shape index (κ3) is 3.58. The van der Waals surface area contributed by atoms with Crippen molar-refractivity contribution in [3.8, 4) is 0 Å². The van der Waals surface area contributed by atoms with Gasteiger partial charge in [-0.15, -0.1) is 11.3 Å². The summed E-state index contributed by atoms with van der Waals surface area (Å²) in [6, 6.07) is 0.571. The second-order valence-electron chi connectivity index (χ2n) is 7.72. The fraction of sp³-hybridized carbons (Fsp3) is 0.722. The lowest BCUT2D eigenvalue weighted by Gasteiger charge is -2.45. The first-order valence-electron chi connectivity index (χ1n) is 9.40. The van der Waals surface area contributed by atoms with E-state index in [1.807, 2.05) is 5.38 Å². The van der Waals surface area contributed by atoms with Crippen molar-refractivity contribution in [3.05, 3.63) is 11.1 Å². The van der Waals surface area contributed by atoms with Crippen molar-refractivity contribution < 1.29 is 9.59 Å². The molecule has 2 saturated carbocycles. The van der Waals surface area contributed by atoms with E-state index in [1.165, 1.54) is 30.6 Å². The number of amides is 2. The van der Waals surface area contributed by atoms with Crippen LogP contribution in [0.3, 0.4) is 0 Å². The Hall–Kier alpha value is -1.47. The summed E-state index contributed by atoms with van der Waals surface area (Å²) in [4.78, 5) is 30.6. The van der Waals surface area contributed by atoms with Gasteiger partial charge in [0, 0.05) is 30.4 Å². The molecule has 3 aliphatic rings. The standard InChI is InChI=1S/C18H26N4O2S/c19-13-7-11-3-1-4-12(8-13)17(11)21-15(23)9-14-10-25-18(20-14)22-6-2-5-16(22)24/h10-13,17H,1-9,19H2,(H,21,23). The van der Waals surface area contributed by atoms with Crippen molar-refractivity contribution in [1.29, 1.82) is 0 Å². The van der Waals surface area contributed by atoms with Gasteiger partial charge in [-0.3, -0.25) is 14.5 Å². The minimum atomic E-state index is 0.0435. The van der Waals surface area contributed by atoms with Crippen molar-refractivity contribution in [2.75, 3.05) is 11.4 Å². The zero-order valence-electron chi connectivity index (χ0n) is 14.4. The van der Waals surface area contributed by atoms with E-state index >= 15 is 0 Å². The van der Waals surface area contributed by atoms with Gasteiger partial charge >= 0.3 is 0 Å². The Morgan fingerprint density at radius 3 is 2.76 bits per heavy atom. The molecular formula is C18H26N4O2S. The maximum Gasteiger partial charge on any atom is 0.228 e. The zero-order valence-corrected chi connectivity index (χ0v) is 15.3. The van der Waals surface area contributed by atoms with Gasteiger partial charge in [0.25, 0.3) is 0 Å². The van der Waals surface area contributed by atoms with Crippen LogP contribution in [0.25, 0.3) is 0 Å². The highest BCUT2D eigenvalue weighted by Crippen LogP contribution is 2.39. The van der Waals surface area contributed by atoms with Gasteiger partial charge in [0.2, 0.25) is 11.8 Å². The molecule has 0 aromatic carbocycles. The molecule has 2 atom stereocenters. The van der Waals surface area contributed by atoms with Crippen molar-refractivity contribution in [2.24, 2.45) is 17.6 Å². The predicted molar refractivity (Wildman–Crippen MR) is 97.4 cm³/mol. The molecule has 1 aromatic heterocycles. The SMILES string of the molecule is NC1CC2CCCC(C1)C2NC(=O)Cc1csc(N2CCCC2=O)n1. The number of aromatic nitrogens is 1. The number of nitrogens with two attached hydrogens (primary N) is 1. The Bertz CT molecular complexity index is 647. The number of fused-ring (bicyclic) bond motifs is 2. The van der Waals surface area contributed by atoms with Gasteiger partial charge in [0.15, 0.2) is 5.13 Å². The number of hydrogen-bond donors (Lipinski definition) is 2. The molecule has 3 fully saturated rings. The summed E-state index contributed by atoms with van der Waals surface area (Å²) in [7, 11) is 0. The number of nitrogens with one attached hydrogen (secondary N) is 1. The van der Waals surface area contributed by atoms with Gasteiger partial charge in [-0.05, 0) is 43.9 Å². The molecule has 1 aromatic rings. The third-order valence-corrected chi connectivity index (χ3v) is 6.80. The molecule has 2 bridgehead atoms. The minimum absolute atomic E-state index is 0.0435. The molecule has 3 N–H and O–H groups in total. The lowest BCUT2D eigenvalue weighted by atomic mass is 9.67. The molecule has 2 amide bonds. The van der Waals surface area contributed by atoms with Crippen LogP contribution >= 0.6 is 11.3 Å². The van der Waals surface area contributed by atoms with Gasteiger partial charge in [-0.2, -0.15) is 0 Å². The number of anilines is 1. The van der Waals surface area contributed by atoms with Gasteiger partial charge in [0.1, 0.15) is 0 Å². The number of rotatable bonds is 4. The highest BCUT2D eigenvalue weighted by molar-refractivity contribution is 7.14. The second-order valence-corrected chi connectivity index (χ2v) is 8.56. The molecule has 136 valence electrons. The maximum atomic E-state index is 12.5. The van der Waals surface area contributed by atoms with Crippen LogP contribution in [-0.2, 0) is 16.0 Å². The van der Waals surface area contributed by atoms with Crippen LogP contribution in [-0.4, -0.2) is 35.4 Å². The fourth-order valence-corrected chi connectivity index (χ4v) is 5.65. The van der Waals surface area contributed by atoms with E-state index in [9.17, 15) is 9.59 Å². The molecule has 7 heteroatoms. The van der Waals surface area contributed by atoms with Crippen molar-refractivity contribution >= 4 is 28.3 Å². The normalized spacial score (nSPS) is 32.0. The molecular weight excluding hydrogens is 336 g/mol. The van der Waals surface area contributed by atoms with E-state index in [2.05, 4.69) is 10.3 Å². The summed E-state index contributed by atoms with van der Waals surface area (Å²) >= 11 is 1.45. The molecule has 6 nitrogen and oxygen atoms in total. The topological polar surface area (TPSA) is 88.3 Å². The Balaban J connectivity index is 1.36. The van der Waals surface area contributed by atoms with E-state index in [0.29, 0.717) is 30.7 Å². The lowest BCUT2D eigenvalue weighted by Crippen LogP contribution is -2.54. The van der Waals surface area contributed by atoms with Gasteiger partial charge in [-0.25, -0.2) is 4.98 Å². The highest BCUT2D eigenvalue weighted by Gasteiger charge is 2.39. The van der Waals surface area contributed by atoms with Crippen molar-refractivity contribution in [3.63, 3.8) is 0 Å². The smallest absolute Gasteiger partial charge is 0.228 e. The first kappa shape index (κ1) is 17.0. The van der Waals surface area contributed by atoms with Crippen molar-refractivity contribution in [1.82, 2.24) is 10.3 Å². The van der Waals surface area contributed by atoms with Gasteiger partial charge in [-0.1, -0.05) is 6.42 Å². The summed E-state index contributed by atoms with van der Waals surface area (Å²) < 4.78 is 0. The average molecular weight is 362 g/mol. The molecule has 1 aliphatic heterocycles. The second kappa shape index (κ2) is 7.03. The predicted octanol–water partition coefficient (Wildman–Crippen LogP) is 1.83. The zero-order chi connectivity index (χ0) is 17.4. The average Bonchev–Trinajstić information content (AvgIpc) is 3.17. The summed E-state index contributed by atoms with van der Waals surface area (Å²) in [5.41, 5.74) is 6.92. The van der Waals surface area contributed by atoms with Crippen LogP contribution in [0.15, 0.2) is 5.38 Å². The first-order valence-corrected chi connectivity index (χ1v) is 10.3. The largest absolute Gasteiger partial charge is 0.352 e. The minimum Gasteiger partial charge on any atom is -0.352 e. The number of carbonyl (C=O) groups is 2. The summed E-state index contributed by atoms with van der Waals surface area (Å²) in [6.07, 6.45) is 7.44. The van der Waals surface area contributed by atoms with E-state index in [4.69, 9.17) is 5.73 Å². The monoisotopic (exact) mass is 362 g/mol. The Morgan fingerprint density at radius 1 is 1.32 bits per heavy atom. The first-order chi connectivity index (χ1) is 12.1. The Kier molecular flexibility index (Phi) is 4.78. The number of carbonyl (C=O) groups excluding carboxylic acids is 2. The molecule has 2 aliphatic carbocycles. The molecule has 0 radical (unpaired) electrons. The third-order valence-electron chi connectivity index (χ3n) is 5.89. The molecule has 2 unspecified atom stereocenters. The molecule has 0 spiro atoms. The van der Waals surface area contributed by atoms with Gasteiger partial charge < -0.3 is 11.1 Å². The molecule has 2 heterocycles. The quantitative estimate of drug-likeness (QED) is 0.855. The van der Waals surface area contributed by atoms with Crippen LogP contribution in [0.1, 0.15) is 50.6 Å². The van der Waals surface area contributed by atoms with Crippen LogP contribution < -0.4 is 16.0 Å². The van der Waals surface area contributed by atoms with Crippen LogP contribution in [0.5, 0.6) is 0 Å². The van der Waals surface area contributed by atoms with E-state index in [1.54, 1.807) is 4.90 Å². The molecule has 25 heavy (non-hydrogen) atoms. The Labute approximate surface area is 152 Å². The molecule has 4 rings (SSSR count). The van der Waals surface area contributed by atoms with Crippen LogP contribution in [0.4, 0.5) is 5.13 Å². The van der Waals surface area contributed by atoms with E-state index in [-0.39, 0.29) is 17.9 Å². The van der Waals surface area contributed by atoms with Gasteiger partial charge in [0.05, 0.1) is 12.1 Å². The Morgan fingerprint density at radius 2 is 2.08 bits per heavy atom. The summed E-state index contributed by atoms with van der Waals surface area (Å²) in [6.45, 7) is 0.740. The fourth-order valence-electron chi connectivity index (χ4n) is 4.78. The number of thiazole rings is 1.